The van der Waals surface area contributed by atoms with E-state index in [0.29, 0.717) is 10.1 Å². The van der Waals surface area contributed by atoms with Crippen molar-refractivity contribution in [3.8, 4) is 11.5 Å². The zero-order valence-electron chi connectivity index (χ0n) is 19.5. The molecule has 1 saturated carbocycles. The quantitative estimate of drug-likeness (QED) is 0.214. The van der Waals surface area contributed by atoms with Crippen LogP contribution >= 0.6 is 23.4 Å². The summed E-state index contributed by atoms with van der Waals surface area (Å²) < 4.78 is 53.2. The third-order valence-electron chi connectivity index (χ3n) is 6.10. The molecule has 3 unspecified atom stereocenters. The number of allylic oxidation sites excluding steroid dienone is 1. The van der Waals surface area contributed by atoms with Crippen LogP contribution in [0.15, 0.2) is 100 Å². The van der Waals surface area contributed by atoms with Crippen molar-refractivity contribution < 1.29 is 27.4 Å². The molecule has 0 radical (unpaired) electrons. The van der Waals surface area contributed by atoms with Gasteiger partial charge in [0, 0.05) is 10.5 Å². The van der Waals surface area contributed by atoms with Crippen molar-refractivity contribution in [3.63, 3.8) is 0 Å². The summed E-state index contributed by atoms with van der Waals surface area (Å²) in [6.45, 7) is 3.63. The summed E-state index contributed by atoms with van der Waals surface area (Å²) in [5.41, 5.74) is -0.796. The Morgan fingerprint density at radius 2 is 1.58 bits per heavy atom. The molecule has 3 aromatic rings. The number of ether oxygens (including phenoxy) is 2. The first-order valence-corrected chi connectivity index (χ1v) is 12.5. The van der Waals surface area contributed by atoms with E-state index in [9.17, 15) is 18.0 Å². The largest absolute Gasteiger partial charge is 0.457 e. The average molecular weight is 533 g/mol. The van der Waals surface area contributed by atoms with E-state index in [1.165, 1.54) is 30.0 Å². The van der Waals surface area contributed by atoms with E-state index in [1.54, 1.807) is 42.5 Å². The van der Waals surface area contributed by atoms with Gasteiger partial charge in [0.25, 0.3) is 0 Å². The Bertz CT molecular complexity index is 1230. The highest BCUT2D eigenvalue weighted by atomic mass is 35.5. The summed E-state index contributed by atoms with van der Waals surface area (Å²) in [6.07, 6.45) is -5.49. The fourth-order valence-corrected chi connectivity index (χ4v) is 5.23. The number of hydrogen-bond donors (Lipinski definition) is 0. The lowest BCUT2D eigenvalue weighted by Crippen LogP contribution is -2.27. The van der Waals surface area contributed by atoms with Crippen LogP contribution in [0.1, 0.15) is 25.5 Å². The predicted octanol–water partition coefficient (Wildman–Crippen LogP) is 8.77. The van der Waals surface area contributed by atoms with Gasteiger partial charge in [-0.1, -0.05) is 91.8 Å². The van der Waals surface area contributed by atoms with E-state index in [4.69, 9.17) is 21.1 Å². The maximum Gasteiger partial charge on any atom is 0.429 e. The van der Waals surface area contributed by atoms with Crippen LogP contribution in [0.4, 0.5) is 13.2 Å². The number of carbonyl (C=O) groups excluding carboxylic acids is 1. The van der Waals surface area contributed by atoms with Gasteiger partial charge in [0.1, 0.15) is 11.5 Å². The van der Waals surface area contributed by atoms with Crippen molar-refractivity contribution in [1.29, 1.82) is 0 Å². The average Bonchev–Trinajstić information content (AvgIpc) is 3.37. The monoisotopic (exact) mass is 532 g/mol. The van der Waals surface area contributed by atoms with Crippen LogP contribution < -0.4 is 4.74 Å². The lowest BCUT2D eigenvalue weighted by atomic mass is 10.1. The number of hydrogen-bond acceptors (Lipinski definition) is 4. The Balaban J connectivity index is 1.49. The molecular weight excluding hydrogens is 509 g/mol. The minimum atomic E-state index is -4.80. The molecule has 4 rings (SSSR count). The minimum absolute atomic E-state index is 0.210. The summed E-state index contributed by atoms with van der Waals surface area (Å²) >= 11 is 7.71. The first-order valence-electron chi connectivity index (χ1n) is 11.3. The number of carbonyl (C=O) groups is 1. The number of para-hydroxylation sites is 1. The molecule has 36 heavy (non-hydrogen) atoms. The number of alkyl halides is 3. The second kappa shape index (κ2) is 10.6. The molecule has 188 valence electrons. The smallest absolute Gasteiger partial charge is 0.429 e. The van der Waals surface area contributed by atoms with Gasteiger partial charge < -0.3 is 9.47 Å². The van der Waals surface area contributed by atoms with Gasteiger partial charge in [0.15, 0.2) is 0 Å². The Labute approximate surface area is 217 Å². The molecular formula is C28H24ClF3O3S. The number of rotatable bonds is 8. The molecule has 0 aromatic heterocycles. The third kappa shape index (κ3) is 6.26. The molecule has 8 heteroatoms. The minimum Gasteiger partial charge on any atom is -0.457 e. The molecule has 0 amide bonds. The van der Waals surface area contributed by atoms with Crippen LogP contribution in [0.3, 0.4) is 0 Å². The molecule has 0 spiro atoms. The van der Waals surface area contributed by atoms with Gasteiger partial charge in [0.05, 0.1) is 10.3 Å². The number of benzene rings is 3. The molecule has 1 aliphatic rings. The van der Waals surface area contributed by atoms with Gasteiger partial charge in [-0.25, -0.2) is 0 Å². The van der Waals surface area contributed by atoms with Crippen LogP contribution in [0, 0.1) is 17.3 Å². The second-order valence-electron chi connectivity index (χ2n) is 9.06. The van der Waals surface area contributed by atoms with Crippen molar-refractivity contribution in [2.75, 3.05) is 0 Å². The van der Waals surface area contributed by atoms with Crippen molar-refractivity contribution in [1.82, 2.24) is 0 Å². The molecule has 0 saturated heterocycles. The van der Waals surface area contributed by atoms with Gasteiger partial charge in [-0.05, 0) is 47.7 Å². The Morgan fingerprint density at radius 3 is 2.22 bits per heavy atom. The summed E-state index contributed by atoms with van der Waals surface area (Å²) in [7, 11) is 0. The van der Waals surface area contributed by atoms with E-state index >= 15 is 0 Å². The molecule has 3 aromatic carbocycles. The zero-order valence-corrected chi connectivity index (χ0v) is 21.1. The van der Waals surface area contributed by atoms with Crippen molar-refractivity contribution in [2.45, 2.75) is 31.0 Å². The highest BCUT2D eigenvalue weighted by Gasteiger charge is 2.62. The Morgan fingerprint density at radius 1 is 0.972 bits per heavy atom. The van der Waals surface area contributed by atoms with E-state index in [0.717, 1.165) is 4.90 Å². The summed E-state index contributed by atoms with van der Waals surface area (Å²) in [6, 6.07) is 23.6. The summed E-state index contributed by atoms with van der Waals surface area (Å²) in [4.78, 5) is 13.9. The molecule has 3 atom stereocenters. The standard InChI is InChI=1S/C28H24ClF3O3S/c1-27(2)22(17-23(29)36-21-14-7-4-8-15-21)24(27)26(33)35-25(28(30,31)32)18-10-9-13-20(16-18)34-19-11-5-3-6-12-19/h3-17,22,24-25H,1-2H3/b23-17+. The maximum atomic E-state index is 14.0. The summed E-state index contributed by atoms with van der Waals surface area (Å²) in [5.74, 6) is -1.30. The van der Waals surface area contributed by atoms with E-state index in [-0.39, 0.29) is 17.2 Å². The van der Waals surface area contributed by atoms with Crippen molar-refractivity contribution >= 4 is 29.3 Å². The Hall–Kier alpha value is -2.90. The predicted molar refractivity (Wildman–Crippen MR) is 135 cm³/mol. The highest BCUT2D eigenvalue weighted by Crippen LogP contribution is 2.61. The fraction of sp³-hybridized carbons (Fsp3) is 0.250. The first kappa shape index (κ1) is 26.2. The van der Waals surface area contributed by atoms with Crippen LogP contribution in [-0.4, -0.2) is 12.1 Å². The van der Waals surface area contributed by atoms with E-state index < -0.39 is 29.6 Å². The van der Waals surface area contributed by atoms with Crippen molar-refractivity contribution in [2.24, 2.45) is 17.3 Å². The van der Waals surface area contributed by atoms with E-state index in [1.807, 2.05) is 44.2 Å². The van der Waals surface area contributed by atoms with Gasteiger partial charge in [-0.2, -0.15) is 13.2 Å². The molecule has 1 aliphatic carbocycles. The SMILES string of the molecule is CC1(C)C(/C=C(\Cl)Sc2ccccc2)C1C(=O)OC(c1cccc(Oc2ccccc2)c1)C(F)(F)F. The fourth-order valence-electron chi connectivity index (χ4n) is 4.09. The molecule has 0 N–H and O–H groups in total. The molecule has 0 aliphatic heterocycles. The van der Waals surface area contributed by atoms with Gasteiger partial charge in [-0.3, -0.25) is 4.79 Å². The van der Waals surface area contributed by atoms with Crippen LogP contribution in [-0.2, 0) is 9.53 Å². The summed E-state index contributed by atoms with van der Waals surface area (Å²) in [5, 5.41) is 0. The topological polar surface area (TPSA) is 35.5 Å². The van der Waals surface area contributed by atoms with Crippen LogP contribution in [0.5, 0.6) is 11.5 Å². The normalized spacial score (nSPS) is 19.9. The number of thioether (sulfide) groups is 1. The maximum absolute atomic E-state index is 14.0. The second-order valence-corrected chi connectivity index (χ2v) is 10.8. The van der Waals surface area contributed by atoms with E-state index in [2.05, 4.69) is 0 Å². The molecule has 0 heterocycles. The van der Waals surface area contributed by atoms with Gasteiger partial charge >= 0.3 is 12.1 Å². The first-order chi connectivity index (χ1) is 17.1. The molecule has 3 nitrogen and oxygen atoms in total. The van der Waals surface area contributed by atoms with Gasteiger partial charge in [-0.15, -0.1) is 0 Å². The van der Waals surface area contributed by atoms with Crippen molar-refractivity contribution in [3.05, 3.63) is 101 Å². The molecule has 1 fully saturated rings. The zero-order chi connectivity index (χ0) is 25.9. The van der Waals surface area contributed by atoms with Crippen LogP contribution in [0.2, 0.25) is 0 Å². The van der Waals surface area contributed by atoms with Gasteiger partial charge in [0.2, 0.25) is 6.10 Å². The third-order valence-corrected chi connectivity index (χ3v) is 7.30. The Kier molecular flexibility index (Phi) is 7.71. The lowest BCUT2D eigenvalue weighted by Gasteiger charge is -2.22. The molecule has 0 bridgehead atoms. The lowest BCUT2D eigenvalue weighted by molar-refractivity contribution is -0.225. The number of halogens is 4. The number of esters is 1. The highest BCUT2D eigenvalue weighted by molar-refractivity contribution is 8.04. The van der Waals surface area contributed by atoms with Crippen LogP contribution in [0.25, 0.3) is 0 Å².